The summed E-state index contributed by atoms with van der Waals surface area (Å²) in [7, 11) is -3.55. The zero-order chi connectivity index (χ0) is 15.6. The van der Waals surface area contributed by atoms with E-state index in [1.165, 1.54) is 18.3 Å². The molecule has 0 bridgehead atoms. The van der Waals surface area contributed by atoms with Crippen molar-refractivity contribution in [1.29, 1.82) is 0 Å². The number of rotatable bonds is 5. The van der Waals surface area contributed by atoms with Crippen LogP contribution in [0.1, 0.15) is 33.4 Å². The van der Waals surface area contributed by atoms with Crippen molar-refractivity contribution in [2.24, 2.45) is 17.1 Å². The van der Waals surface area contributed by atoms with Gasteiger partial charge in [0, 0.05) is 12.7 Å². The van der Waals surface area contributed by atoms with Crippen LogP contribution in [0.15, 0.2) is 23.2 Å². The lowest BCUT2D eigenvalue weighted by atomic mass is 9.82. The van der Waals surface area contributed by atoms with Gasteiger partial charge in [-0.2, -0.15) is 0 Å². The van der Waals surface area contributed by atoms with Gasteiger partial charge < -0.3 is 5.73 Å². The molecule has 0 aliphatic carbocycles. The molecule has 1 heterocycles. The van der Waals surface area contributed by atoms with Gasteiger partial charge >= 0.3 is 0 Å². The lowest BCUT2D eigenvalue weighted by molar-refractivity contribution is 0.263. The van der Waals surface area contributed by atoms with E-state index < -0.39 is 10.0 Å². The predicted molar refractivity (Wildman–Crippen MR) is 83.9 cm³/mol. The minimum absolute atomic E-state index is 0.0381. The van der Waals surface area contributed by atoms with Crippen LogP contribution in [0.5, 0.6) is 0 Å². The summed E-state index contributed by atoms with van der Waals surface area (Å²) in [5, 5.41) is 0. The number of aromatic nitrogens is 1. The third kappa shape index (κ3) is 4.50. The van der Waals surface area contributed by atoms with E-state index in [0.717, 1.165) is 0 Å². The Kier molecular flexibility index (Phi) is 5.23. The van der Waals surface area contributed by atoms with Crippen molar-refractivity contribution in [3.63, 3.8) is 0 Å². The van der Waals surface area contributed by atoms with E-state index in [1.807, 2.05) is 6.92 Å². The second-order valence-corrected chi connectivity index (χ2v) is 8.07. The molecule has 112 valence electrons. The molecule has 1 rings (SSSR count). The molecule has 0 radical (unpaired) electrons. The van der Waals surface area contributed by atoms with Crippen molar-refractivity contribution in [2.75, 3.05) is 6.54 Å². The molecule has 1 aromatic rings. The maximum Gasteiger partial charge on any atom is 0.242 e. The highest BCUT2D eigenvalue weighted by Crippen LogP contribution is 2.24. The summed E-state index contributed by atoms with van der Waals surface area (Å²) >= 11 is 4.78. The van der Waals surface area contributed by atoms with Gasteiger partial charge in [0.2, 0.25) is 10.0 Å². The van der Waals surface area contributed by atoms with Gasteiger partial charge in [0.25, 0.3) is 0 Å². The van der Waals surface area contributed by atoms with Crippen molar-refractivity contribution in [2.45, 2.75) is 32.6 Å². The standard InChI is InChI=1S/C13H21N3O2S2/c1-9(13(2,3)4)7-16-20(17,18)10-5-6-11(12(14)19)15-8-10/h5-6,8-9,16H,7H2,1-4H3,(H2,14,19). The molecular weight excluding hydrogens is 294 g/mol. The second-order valence-electron chi connectivity index (χ2n) is 5.86. The van der Waals surface area contributed by atoms with Crippen LogP contribution in [0.2, 0.25) is 0 Å². The Hall–Kier alpha value is -1.05. The summed E-state index contributed by atoms with van der Waals surface area (Å²) in [4.78, 5) is 4.19. The average molecular weight is 315 g/mol. The highest BCUT2D eigenvalue weighted by molar-refractivity contribution is 7.89. The van der Waals surface area contributed by atoms with Gasteiger partial charge in [0.15, 0.2) is 0 Å². The molecule has 0 aliphatic heterocycles. The maximum atomic E-state index is 12.1. The lowest BCUT2D eigenvalue weighted by Gasteiger charge is -2.27. The first-order chi connectivity index (χ1) is 9.04. The second kappa shape index (κ2) is 6.15. The maximum absolute atomic E-state index is 12.1. The van der Waals surface area contributed by atoms with Crippen LogP contribution < -0.4 is 10.5 Å². The van der Waals surface area contributed by atoms with Crippen LogP contribution in [-0.2, 0) is 10.0 Å². The number of sulfonamides is 1. The van der Waals surface area contributed by atoms with E-state index in [1.54, 1.807) is 0 Å². The van der Waals surface area contributed by atoms with E-state index >= 15 is 0 Å². The minimum Gasteiger partial charge on any atom is -0.388 e. The smallest absolute Gasteiger partial charge is 0.242 e. The molecule has 3 N–H and O–H groups in total. The highest BCUT2D eigenvalue weighted by Gasteiger charge is 2.23. The van der Waals surface area contributed by atoms with Crippen LogP contribution in [0.25, 0.3) is 0 Å². The van der Waals surface area contributed by atoms with E-state index in [0.29, 0.717) is 12.2 Å². The number of thiocarbonyl (C=S) groups is 1. The molecule has 1 atom stereocenters. The number of nitrogens with one attached hydrogen (secondary N) is 1. The zero-order valence-electron chi connectivity index (χ0n) is 12.2. The monoisotopic (exact) mass is 315 g/mol. The van der Waals surface area contributed by atoms with Gasteiger partial charge in [-0.15, -0.1) is 0 Å². The van der Waals surface area contributed by atoms with E-state index in [2.05, 4.69) is 30.5 Å². The Morgan fingerprint density at radius 1 is 1.45 bits per heavy atom. The fraction of sp³-hybridized carbons (Fsp3) is 0.538. The third-order valence-electron chi connectivity index (χ3n) is 3.36. The van der Waals surface area contributed by atoms with Gasteiger partial charge in [-0.05, 0) is 23.5 Å². The summed E-state index contributed by atoms with van der Waals surface area (Å²) in [6.45, 7) is 8.61. The molecule has 0 spiro atoms. The van der Waals surface area contributed by atoms with Crippen LogP contribution in [0, 0.1) is 11.3 Å². The molecule has 0 aromatic carbocycles. The Morgan fingerprint density at radius 2 is 2.05 bits per heavy atom. The van der Waals surface area contributed by atoms with Gasteiger partial charge in [-0.3, -0.25) is 4.98 Å². The topological polar surface area (TPSA) is 85.1 Å². The number of pyridine rings is 1. The lowest BCUT2D eigenvalue weighted by Crippen LogP contribution is -2.33. The molecule has 5 nitrogen and oxygen atoms in total. The zero-order valence-corrected chi connectivity index (χ0v) is 13.8. The molecule has 0 fully saturated rings. The van der Waals surface area contributed by atoms with E-state index in [-0.39, 0.29) is 21.2 Å². The van der Waals surface area contributed by atoms with Crippen molar-refractivity contribution >= 4 is 27.2 Å². The van der Waals surface area contributed by atoms with Crippen LogP contribution in [0.4, 0.5) is 0 Å². The average Bonchev–Trinajstić information content (AvgIpc) is 2.35. The Morgan fingerprint density at radius 3 is 2.45 bits per heavy atom. The van der Waals surface area contributed by atoms with Gasteiger partial charge in [-0.1, -0.05) is 39.9 Å². The first-order valence-corrected chi connectivity index (χ1v) is 8.18. The molecule has 1 aromatic heterocycles. The van der Waals surface area contributed by atoms with Gasteiger partial charge in [0.05, 0.1) is 5.69 Å². The predicted octanol–water partition coefficient (Wildman–Crippen LogP) is 1.68. The minimum atomic E-state index is -3.55. The van der Waals surface area contributed by atoms with Crippen LogP contribution in [-0.4, -0.2) is 24.9 Å². The summed E-state index contributed by atoms with van der Waals surface area (Å²) in [6.07, 6.45) is 1.26. The normalized spacial score (nSPS) is 14.0. The summed E-state index contributed by atoms with van der Waals surface area (Å²) in [6, 6.07) is 2.95. The van der Waals surface area contributed by atoms with Crippen molar-refractivity contribution < 1.29 is 8.42 Å². The number of hydrogen-bond acceptors (Lipinski definition) is 4. The van der Waals surface area contributed by atoms with Crippen LogP contribution >= 0.6 is 12.2 Å². The van der Waals surface area contributed by atoms with Crippen LogP contribution in [0.3, 0.4) is 0 Å². The number of nitrogens with two attached hydrogens (primary N) is 1. The molecule has 0 saturated carbocycles. The number of hydrogen-bond donors (Lipinski definition) is 2. The Balaban J connectivity index is 2.82. The number of nitrogens with zero attached hydrogens (tertiary/aromatic N) is 1. The summed E-state index contributed by atoms with van der Waals surface area (Å²) in [5.74, 6) is 0.209. The van der Waals surface area contributed by atoms with Crippen molar-refractivity contribution in [1.82, 2.24) is 9.71 Å². The Bertz CT molecular complexity index is 575. The quantitative estimate of drug-likeness (QED) is 0.808. The summed E-state index contributed by atoms with van der Waals surface area (Å²) in [5.41, 5.74) is 5.87. The molecule has 0 saturated heterocycles. The molecule has 0 amide bonds. The fourth-order valence-electron chi connectivity index (χ4n) is 1.31. The van der Waals surface area contributed by atoms with E-state index in [9.17, 15) is 8.42 Å². The van der Waals surface area contributed by atoms with Crippen molar-refractivity contribution in [3.05, 3.63) is 24.0 Å². The molecule has 20 heavy (non-hydrogen) atoms. The highest BCUT2D eigenvalue weighted by atomic mass is 32.2. The summed E-state index contributed by atoms with van der Waals surface area (Å²) < 4.78 is 26.9. The van der Waals surface area contributed by atoms with Crippen molar-refractivity contribution in [3.8, 4) is 0 Å². The molecular formula is C13H21N3O2S2. The molecule has 7 heteroatoms. The SMILES string of the molecule is CC(CNS(=O)(=O)c1ccc(C(N)=S)nc1)C(C)(C)C. The van der Waals surface area contributed by atoms with E-state index in [4.69, 9.17) is 18.0 Å². The largest absolute Gasteiger partial charge is 0.388 e. The van der Waals surface area contributed by atoms with Gasteiger partial charge in [0.1, 0.15) is 9.88 Å². The first-order valence-electron chi connectivity index (χ1n) is 6.29. The fourth-order valence-corrected chi connectivity index (χ4v) is 2.50. The molecule has 0 aliphatic rings. The third-order valence-corrected chi connectivity index (χ3v) is 4.97. The van der Waals surface area contributed by atoms with Gasteiger partial charge in [-0.25, -0.2) is 13.1 Å². The first kappa shape index (κ1) is 17.0. The molecule has 1 unspecified atom stereocenters. The Labute approximate surface area is 126 Å².